The average Bonchev–Trinajstić information content (AvgIpc) is 2.48. The molecule has 19 heavy (non-hydrogen) atoms. The zero-order valence-electron chi connectivity index (χ0n) is 11.7. The predicted molar refractivity (Wildman–Crippen MR) is 75.1 cm³/mol. The molecule has 0 atom stereocenters. The second-order valence-corrected chi connectivity index (χ2v) is 5.07. The highest BCUT2D eigenvalue weighted by Crippen LogP contribution is 2.17. The molecule has 0 aliphatic carbocycles. The third-order valence-electron chi connectivity index (χ3n) is 3.64. The van der Waals surface area contributed by atoms with Crippen LogP contribution in [0.1, 0.15) is 18.4 Å². The second kappa shape index (κ2) is 6.57. The number of ether oxygens (including phenoxy) is 1. The van der Waals surface area contributed by atoms with Crippen molar-refractivity contribution in [1.82, 2.24) is 10.2 Å². The second-order valence-electron chi connectivity index (χ2n) is 5.07. The number of amides is 1. The van der Waals surface area contributed by atoms with Crippen LogP contribution in [0.2, 0.25) is 0 Å². The van der Waals surface area contributed by atoms with E-state index >= 15 is 0 Å². The van der Waals surface area contributed by atoms with Gasteiger partial charge in [0.25, 0.3) is 0 Å². The van der Waals surface area contributed by atoms with E-state index in [9.17, 15) is 4.79 Å². The summed E-state index contributed by atoms with van der Waals surface area (Å²) in [5, 5.41) is 3.29. The molecule has 0 aromatic heterocycles. The van der Waals surface area contributed by atoms with E-state index in [4.69, 9.17) is 4.74 Å². The Kier molecular flexibility index (Phi) is 4.80. The number of piperidine rings is 1. The minimum atomic E-state index is 0.185. The highest BCUT2D eigenvalue weighted by atomic mass is 16.5. The fourth-order valence-corrected chi connectivity index (χ4v) is 2.46. The van der Waals surface area contributed by atoms with Gasteiger partial charge in [-0.05, 0) is 43.6 Å². The van der Waals surface area contributed by atoms with E-state index in [1.165, 1.54) is 0 Å². The topological polar surface area (TPSA) is 41.6 Å². The molecule has 0 saturated carbocycles. The van der Waals surface area contributed by atoms with Crippen LogP contribution in [0.3, 0.4) is 0 Å². The van der Waals surface area contributed by atoms with Crippen molar-refractivity contribution >= 4 is 5.91 Å². The average molecular weight is 262 g/mol. The fraction of sp³-hybridized carbons (Fsp3) is 0.533. The first-order chi connectivity index (χ1) is 9.20. The van der Waals surface area contributed by atoms with Crippen LogP contribution < -0.4 is 10.1 Å². The van der Waals surface area contributed by atoms with Crippen molar-refractivity contribution in [3.63, 3.8) is 0 Å². The number of hydrogen-bond donors (Lipinski definition) is 1. The smallest absolute Gasteiger partial charge is 0.225 e. The lowest BCUT2D eigenvalue weighted by Gasteiger charge is -2.27. The zero-order chi connectivity index (χ0) is 13.7. The standard InChI is InChI=1S/C15H22N2O2/c1-17(15(18)13-7-9-16-10-8-13)11-12-3-5-14(19-2)6-4-12/h3-6,13,16H,7-11H2,1-2H3. The Labute approximate surface area is 114 Å². The molecule has 1 aliphatic heterocycles. The minimum absolute atomic E-state index is 0.185. The van der Waals surface area contributed by atoms with Gasteiger partial charge in [0.05, 0.1) is 7.11 Å². The van der Waals surface area contributed by atoms with Crippen molar-refractivity contribution in [3.05, 3.63) is 29.8 Å². The van der Waals surface area contributed by atoms with Gasteiger partial charge in [-0.2, -0.15) is 0 Å². The number of hydrogen-bond acceptors (Lipinski definition) is 3. The molecule has 0 radical (unpaired) electrons. The van der Waals surface area contributed by atoms with E-state index < -0.39 is 0 Å². The molecule has 0 bridgehead atoms. The Balaban J connectivity index is 1.91. The first kappa shape index (κ1) is 13.9. The minimum Gasteiger partial charge on any atom is -0.497 e. The number of methoxy groups -OCH3 is 1. The molecule has 1 amide bonds. The summed E-state index contributed by atoms with van der Waals surface area (Å²) in [6.45, 7) is 2.56. The summed E-state index contributed by atoms with van der Waals surface area (Å²) >= 11 is 0. The van der Waals surface area contributed by atoms with Gasteiger partial charge < -0.3 is 15.0 Å². The molecule has 104 valence electrons. The summed E-state index contributed by atoms with van der Waals surface area (Å²) in [5.41, 5.74) is 1.13. The normalized spacial score (nSPS) is 16.1. The van der Waals surface area contributed by atoms with Crippen molar-refractivity contribution in [3.8, 4) is 5.75 Å². The quantitative estimate of drug-likeness (QED) is 0.897. The molecule has 1 aromatic rings. The van der Waals surface area contributed by atoms with Crippen LogP contribution in [-0.4, -0.2) is 38.1 Å². The van der Waals surface area contributed by atoms with Crippen LogP contribution in [0.4, 0.5) is 0 Å². The molecule has 1 saturated heterocycles. The van der Waals surface area contributed by atoms with E-state index in [-0.39, 0.29) is 11.8 Å². The first-order valence-corrected chi connectivity index (χ1v) is 6.79. The van der Waals surface area contributed by atoms with Gasteiger partial charge in [-0.1, -0.05) is 12.1 Å². The Morgan fingerprint density at radius 2 is 1.95 bits per heavy atom. The molecule has 2 rings (SSSR count). The number of rotatable bonds is 4. The summed E-state index contributed by atoms with van der Waals surface area (Å²) in [7, 11) is 3.54. The lowest BCUT2D eigenvalue weighted by molar-refractivity contribution is -0.135. The molecular weight excluding hydrogens is 240 g/mol. The van der Waals surface area contributed by atoms with Gasteiger partial charge in [0.1, 0.15) is 5.75 Å². The Bertz CT molecular complexity index is 411. The van der Waals surface area contributed by atoms with Gasteiger partial charge in [0.15, 0.2) is 0 Å². The van der Waals surface area contributed by atoms with Crippen LogP contribution >= 0.6 is 0 Å². The predicted octanol–water partition coefficient (Wildman–Crippen LogP) is 1.65. The van der Waals surface area contributed by atoms with Gasteiger partial charge in [0, 0.05) is 19.5 Å². The SMILES string of the molecule is COc1ccc(CN(C)C(=O)C2CCNCC2)cc1. The highest BCUT2D eigenvalue weighted by molar-refractivity contribution is 5.78. The summed E-state index contributed by atoms with van der Waals surface area (Å²) in [6.07, 6.45) is 1.90. The maximum Gasteiger partial charge on any atom is 0.225 e. The lowest BCUT2D eigenvalue weighted by Crippen LogP contribution is -2.38. The van der Waals surface area contributed by atoms with E-state index in [0.29, 0.717) is 6.54 Å². The number of nitrogens with one attached hydrogen (secondary N) is 1. The molecule has 1 aromatic carbocycles. The number of benzene rings is 1. The molecule has 0 spiro atoms. The van der Waals surface area contributed by atoms with E-state index in [1.807, 2.05) is 36.2 Å². The molecule has 1 heterocycles. The van der Waals surface area contributed by atoms with E-state index in [1.54, 1.807) is 7.11 Å². The van der Waals surface area contributed by atoms with Crippen LogP contribution in [0, 0.1) is 5.92 Å². The summed E-state index contributed by atoms with van der Waals surface area (Å²) in [6, 6.07) is 7.87. The highest BCUT2D eigenvalue weighted by Gasteiger charge is 2.23. The Morgan fingerprint density at radius 3 is 2.53 bits per heavy atom. The monoisotopic (exact) mass is 262 g/mol. The van der Waals surface area contributed by atoms with Crippen LogP contribution in [0.15, 0.2) is 24.3 Å². The summed E-state index contributed by atoms with van der Waals surface area (Å²) in [4.78, 5) is 14.1. The molecule has 1 aliphatic rings. The number of nitrogens with zero attached hydrogens (tertiary/aromatic N) is 1. The lowest BCUT2D eigenvalue weighted by atomic mass is 9.96. The van der Waals surface area contributed by atoms with Crippen molar-refractivity contribution in [2.45, 2.75) is 19.4 Å². The van der Waals surface area contributed by atoms with Crippen molar-refractivity contribution in [2.24, 2.45) is 5.92 Å². The maximum absolute atomic E-state index is 12.3. The van der Waals surface area contributed by atoms with E-state index in [2.05, 4.69) is 5.32 Å². The van der Waals surface area contributed by atoms with Crippen LogP contribution in [0.5, 0.6) is 5.75 Å². The molecule has 4 nitrogen and oxygen atoms in total. The van der Waals surface area contributed by atoms with Gasteiger partial charge >= 0.3 is 0 Å². The third-order valence-corrected chi connectivity index (χ3v) is 3.64. The molecule has 4 heteroatoms. The van der Waals surface area contributed by atoms with Gasteiger partial charge in [-0.15, -0.1) is 0 Å². The third kappa shape index (κ3) is 3.70. The Hall–Kier alpha value is -1.55. The summed E-state index contributed by atoms with van der Waals surface area (Å²) < 4.78 is 5.13. The van der Waals surface area contributed by atoms with Gasteiger partial charge in [0.2, 0.25) is 5.91 Å². The Morgan fingerprint density at radius 1 is 1.32 bits per heavy atom. The first-order valence-electron chi connectivity index (χ1n) is 6.79. The number of carbonyl (C=O) groups excluding carboxylic acids is 1. The molecule has 1 N–H and O–H groups in total. The molecular formula is C15H22N2O2. The van der Waals surface area contributed by atoms with Gasteiger partial charge in [-0.25, -0.2) is 0 Å². The van der Waals surface area contributed by atoms with Crippen LogP contribution in [-0.2, 0) is 11.3 Å². The van der Waals surface area contributed by atoms with Crippen molar-refractivity contribution in [2.75, 3.05) is 27.2 Å². The van der Waals surface area contributed by atoms with Gasteiger partial charge in [-0.3, -0.25) is 4.79 Å². The largest absolute Gasteiger partial charge is 0.497 e. The summed E-state index contributed by atoms with van der Waals surface area (Å²) in [5.74, 6) is 1.29. The van der Waals surface area contributed by atoms with Crippen LogP contribution in [0.25, 0.3) is 0 Å². The van der Waals surface area contributed by atoms with Crippen molar-refractivity contribution < 1.29 is 9.53 Å². The fourth-order valence-electron chi connectivity index (χ4n) is 2.46. The maximum atomic E-state index is 12.3. The molecule has 0 unspecified atom stereocenters. The van der Waals surface area contributed by atoms with Crippen molar-refractivity contribution in [1.29, 1.82) is 0 Å². The molecule has 1 fully saturated rings. The zero-order valence-corrected chi connectivity index (χ0v) is 11.7. The van der Waals surface area contributed by atoms with E-state index in [0.717, 1.165) is 37.2 Å². The number of carbonyl (C=O) groups is 1.